The van der Waals surface area contributed by atoms with E-state index in [4.69, 9.17) is 11.6 Å². The number of benzene rings is 1. The summed E-state index contributed by atoms with van der Waals surface area (Å²) < 4.78 is 13.9. The molecule has 1 amide bonds. The lowest BCUT2D eigenvalue weighted by Crippen LogP contribution is -2.40. The van der Waals surface area contributed by atoms with Gasteiger partial charge in [-0.2, -0.15) is 0 Å². The Morgan fingerprint density at radius 2 is 2.26 bits per heavy atom. The Balaban J connectivity index is 2.13. The van der Waals surface area contributed by atoms with E-state index in [-0.39, 0.29) is 22.9 Å². The summed E-state index contributed by atoms with van der Waals surface area (Å²) in [6, 6.07) is 4.76. The fourth-order valence-corrected chi connectivity index (χ4v) is 2.04. The van der Waals surface area contributed by atoms with Crippen LogP contribution in [0, 0.1) is 5.82 Å². The highest BCUT2D eigenvalue weighted by Gasteiger charge is 2.23. The van der Waals surface area contributed by atoms with Gasteiger partial charge in [0.05, 0.1) is 5.56 Å². The minimum atomic E-state index is -0.510. The molecule has 0 aromatic heterocycles. The zero-order valence-electron chi connectivity index (χ0n) is 10.9. The second-order valence-corrected chi connectivity index (χ2v) is 5.67. The topological polar surface area (TPSA) is 41.1 Å². The van der Waals surface area contributed by atoms with Gasteiger partial charge in [-0.1, -0.05) is 6.07 Å². The molecule has 1 aliphatic carbocycles. The Morgan fingerprint density at radius 1 is 1.53 bits per heavy atom. The monoisotopic (exact) mass is 284 g/mol. The van der Waals surface area contributed by atoms with Crippen molar-refractivity contribution in [2.75, 3.05) is 11.9 Å². The van der Waals surface area contributed by atoms with Gasteiger partial charge in [0.2, 0.25) is 0 Å². The number of carbonyl (C=O) groups is 1. The van der Waals surface area contributed by atoms with Crippen LogP contribution in [0.2, 0.25) is 0 Å². The molecule has 0 heterocycles. The van der Waals surface area contributed by atoms with E-state index in [1.54, 1.807) is 12.1 Å². The second kappa shape index (κ2) is 6.24. The normalized spacial score (nSPS) is 16.6. The molecule has 1 aromatic carbocycles. The van der Waals surface area contributed by atoms with E-state index in [0.29, 0.717) is 12.2 Å². The first-order valence-electron chi connectivity index (χ1n) is 6.55. The molecule has 5 heteroatoms. The largest absolute Gasteiger partial charge is 0.383 e. The number of amides is 1. The van der Waals surface area contributed by atoms with Gasteiger partial charge in [-0.15, -0.1) is 11.6 Å². The van der Waals surface area contributed by atoms with Crippen molar-refractivity contribution in [1.29, 1.82) is 0 Å². The predicted molar refractivity (Wildman–Crippen MR) is 75.3 cm³/mol. The van der Waals surface area contributed by atoms with Crippen LogP contribution in [-0.2, 0) is 0 Å². The number of nitrogens with one attached hydrogen (secondary N) is 2. The third kappa shape index (κ3) is 3.60. The molecule has 104 valence electrons. The Labute approximate surface area is 117 Å². The molecule has 3 nitrogen and oxygen atoms in total. The van der Waals surface area contributed by atoms with Crippen LogP contribution in [0.1, 0.15) is 36.5 Å². The van der Waals surface area contributed by atoms with Crippen LogP contribution >= 0.6 is 11.6 Å². The van der Waals surface area contributed by atoms with E-state index in [2.05, 4.69) is 10.6 Å². The van der Waals surface area contributed by atoms with Crippen molar-refractivity contribution in [1.82, 2.24) is 5.32 Å². The maximum Gasteiger partial charge on any atom is 0.256 e. The molecule has 1 aromatic rings. The van der Waals surface area contributed by atoms with Gasteiger partial charge in [0.15, 0.2) is 0 Å². The first-order valence-corrected chi connectivity index (χ1v) is 6.99. The van der Waals surface area contributed by atoms with Crippen molar-refractivity contribution < 1.29 is 9.18 Å². The number of alkyl halides is 1. The number of rotatable bonds is 5. The quantitative estimate of drug-likeness (QED) is 0.816. The van der Waals surface area contributed by atoms with E-state index in [1.165, 1.54) is 6.07 Å². The number of carbonyl (C=O) groups excluding carboxylic acids is 1. The molecule has 0 aliphatic heterocycles. The summed E-state index contributed by atoms with van der Waals surface area (Å²) in [5.41, 5.74) is 0.566. The molecular weight excluding hydrogens is 267 g/mol. The SMILES string of the molecule is C[C@@H](Cl)CNc1cccc(F)c1C(=O)NC1CCC1. The van der Waals surface area contributed by atoms with E-state index in [9.17, 15) is 9.18 Å². The Kier molecular flexibility index (Phi) is 4.64. The van der Waals surface area contributed by atoms with Crippen molar-refractivity contribution in [2.45, 2.75) is 37.6 Å². The molecule has 1 aliphatic rings. The van der Waals surface area contributed by atoms with Gasteiger partial charge >= 0.3 is 0 Å². The third-order valence-corrected chi connectivity index (χ3v) is 3.41. The zero-order valence-corrected chi connectivity index (χ0v) is 11.6. The third-order valence-electron chi connectivity index (χ3n) is 3.25. The fourth-order valence-electron chi connectivity index (χ4n) is 1.96. The minimum absolute atomic E-state index is 0.0757. The van der Waals surface area contributed by atoms with Crippen LogP contribution in [0.3, 0.4) is 0 Å². The standard InChI is InChI=1S/C14H18ClFN2O/c1-9(15)8-17-12-7-3-6-11(16)13(12)14(19)18-10-4-2-5-10/h3,6-7,9-10,17H,2,4-5,8H2,1H3,(H,18,19)/t9-/m1/s1. The van der Waals surface area contributed by atoms with Crippen molar-refractivity contribution in [3.8, 4) is 0 Å². The van der Waals surface area contributed by atoms with Crippen molar-refractivity contribution in [3.05, 3.63) is 29.6 Å². The van der Waals surface area contributed by atoms with Gasteiger partial charge in [-0.05, 0) is 38.3 Å². The minimum Gasteiger partial charge on any atom is -0.383 e. The van der Waals surface area contributed by atoms with Crippen LogP contribution in [-0.4, -0.2) is 23.9 Å². The Hall–Kier alpha value is -1.29. The van der Waals surface area contributed by atoms with Gasteiger partial charge in [-0.25, -0.2) is 4.39 Å². The van der Waals surface area contributed by atoms with Crippen LogP contribution in [0.15, 0.2) is 18.2 Å². The van der Waals surface area contributed by atoms with E-state index >= 15 is 0 Å². The summed E-state index contributed by atoms with van der Waals surface area (Å²) in [4.78, 5) is 12.1. The Bertz CT molecular complexity index is 461. The summed E-state index contributed by atoms with van der Waals surface area (Å²) in [5.74, 6) is -0.864. The van der Waals surface area contributed by atoms with Gasteiger partial charge < -0.3 is 10.6 Å². The molecule has 1 fully saturated rings. The molecular formula is C14H18ClFN2O. The summed E-state index contributed by atoms with van der Waals surface area (Å²) in [6.07, 6.45) is 3.07. The molecule has 0 saturated heterocycles. The van der Waals surface area contributed by atoms with Gasteiger partial charge in [0.25, 0.3) is 5.91 Å². The van der Waals surface area contributed by atoms with Gasteiger partial charge in [-0.3, -0.25) is 4.79 Å². The van der Waals surface area contributed by atoms with Crippen molar-refractivity contribution >= 4 is 23.2 Å². The van der Waals surface area contributed by atoms with Crippen molar-refractivity contribution in [3.63, 3.8) is 0 Å². The lowest BCUT2D eigenvalue weighted by Gasteiger charge is -2.27. The van der Waals surface area contributed by atoms with Crippen LogP contribution in [0.4, 0.5) is 10.1 Å². The van der Waals surface area contributed by atoms with Crippen LogP contribution in [0.5, 0.6) is 0 Å². The molecule has 2 rings (SSSR count). The number of anilines is 1. The highest BCUT2D eigenvalue weighted by Crippen LogP contribution is 2.22. The van der Waals surface area contributed by atoms with Gasteiger partial charge in [0.1, 0.15) is 5.82 Å². The molecule has 19 heavy (non-hydrogen) atoms. The molecule has 0 radical (unpaired) electrons. The summed E-state index contributed by atoms with van der Waals surface area (Å²) in [5, 5.41) is 5.77. The molecule has 0 spiro atoms. The van der Waals surface area contributed by atoms with E-state index in [0.717, 1.165) is 19.3 Å². The fraction of sp³-hybridized carbons (Fsp3) is 0.500. The molecule has 2 N–H and O–H groups in total. The van der Waals surface area contributed by atoms with Crippen molar-refractivity contribution in [2.24, 2.45) is 0 Å². The maximum absolute atomic E-state index is 13.9. The number of hydrogen-bond acceptors (Lipinski definition) is 2. The summed E-state index contributed by atoms with van der Waals surface area (Å²) in [7, 11) is 0. The Morgan fingerprint density at radius 3 is 2.84 bits per heavy atom. The summed E-state index contributed by atoms with van der Waals surface area (Å²) >= 11 is 5.86. The first-order chi connectivity index (χ1) is 9.08. The summed E-state index contributed by atoms with van der Waals surface area (Å²) in [6.45, 7) is 2.32. The van der Waals surface area contributed by atoms with Gasteiger partial charge in [0, 0.05) is 23.7 Å². The highest BCUT2D eigenvalue weighted by atomic mass is 35.5. The first kappa shape index (κ1) is 14.1. The highest BCUT2D eigenvalue weighted by molar-refractivity contribution is 6.20. The van der Waals surface area contributed by atoms with E-state index in [1.807, 2.05) is 6.92 Å². The van der Waals surface area contributed by atoms with Crippen LogP contribution in [0.25, 0.3) is 0 Å². The average Bonchev–Trinajstić information content (AvgIpc) is 2.31. The number of halogens is 2. The molecule has 0 bridgehead atoms. The predicted octanol–water partition coefficient (Wildman–Crippen LogP) is 3.15. The lowest BCUT2D eigenvalue weighted by atomic mass is 9.93. The molecule has 0 unspecified atom stereocenters. The lowest BCUT2D eigenvalue weighted by molar-refractivity contribution is 0.0913. The number of hydrogen-bond donors (Lipinski definition) is 2. The second-order valence-electron chi connectivity index (χ2n) is 4.93. The zero-order chi connectivity index (χ0) is 13.8. The maximum atomic E-state index is 13.9. The molecule has 1 saturated carbocycles. The smallest absolute Gasteiger partial charge is 0.256 e. The average molecular weight is 285 g/mol. The van der Waals surface area contributed by atoms with Crippen LogP contribution < -0.4 is 10.6 Å². The molecule has 1 atom stereocenters. The van der Waals surface area contributed by atoms with E-state index < -0.39 is 5.82 Å².